The Bertz CT molecular complexity index is 489. The average molecular weight is 203 g/mol. The fraction of sp³-hybridized carbons (Fsp3) is 0.333. The van der Waals surface area contributed by atoms with E-state index in [-0.39, 0.29) is 6.10 Å². The van der Waals surface area contributed by atoms with Crippen LogP contribution in [0, 0.1) is 0 Å². The Morgan fingerprint density at radius 1 is 1.33 bits per heavy atom. The summed E-state index contributed by atoms with van der Waals surface area (Å²) >= 11 is 0. The molecule has 0 aliphatic heterocycles. The van der Waals surface area contributed by atoms with Crippen molar-refractivity contribution in [1.29, 1.82) is 0 Å². The van der Waals surface area contributed by atoms with E-state index in [1.165, 1.54) is 10.9 Å². The number of benzene rings is 1. The lowest BCUT2D eigenvalue weighted by molar-refractivity contribution is -0.285. The topological polar surface area (TPSA) is 45.2 Å². The molecule has 3 rings (SSSR count). The molecule has 2 aromatic rings. The lowest BCUT2D eigenvalue weighted by atomic mass is 9.93. The fourth-order valence-electron chi connectivity index (χ4n) is 2.48. The number of rotatable bonds is 1. The van der Waals surface area contributed by atoms with Gasteiger partial charge in [0.2, 0.25) is 0 Å². The zero-order valence-corrected chi connectivity index (χ0v) is 8.36. The quantitative estimate of drug-likeness (QED) is 0.552. The van der Waals surface area contributed by atoms with Crippen molar-refractivity contribution in [1.82, 2.24) is 4.98 Å². The van der Waals surface area contributed by atoms with Gasteiger partial charge in [0.1, 0.15) is 6.10 Å². The number of para-hydroxylation sites is 1. The van der Waals surface area contributed by atoms with Gasteiger partial charge in [-0.1, -0.05) is 18.2 Å². The summed E-state index contributed by atoms with van der Waals surface area (Å²) in [7, 11) is 0. The monoisotopic (exact) mass is 203 g/mol. The van der Waals surface area contributed by atoms with E-state index in [0.717, 1.165) is 30.5 Å². The number of nitrogens with one attached hydrogen (secondary N) is 1. The second kappa shape index (κ2) is 3.36. The Balaban J connectivity index is 2.24. The normalized spacial score (nSPS) is 20.5. The molecule has 0 saturated heterocycles. The van der Waals surface area contributed by atoms with Gasteiger partial charge in [-0.2, -0.15) is 0 Å². The highest BCUT2D eigenvalue weighted by Crippen LogP contribution is 2.35. The van der Waals surface area contributed by atoms with E-state index < -0.39 is 0 Å². The minimum Gasteiger partial charge on any atom is -0.356 e. The summed E-state index contributed by atoms with van der Waals surface area (Å²) in [5.74, 6) is 0. The Kier molecular flexibility index (Phi) is 2.01. The van der Waals surface area contributed by atoms with Crippen molar-refractivity contribution in [3.63, 3.8) is 0 Å². The summed E-state index contributed by atoms with van der Waals surface area (Å²) in [6, 6.07) is 8.23. The third-order valence-electron chi connectivity index (χ3n) is 3.19. The summed E-state index contributed by atoms with van der Waals surface area (Å²) in [4.78, 5) is 7.85. The molecule has 1 aromatic heterocycles. The van der Waals surface area contributed by atoms with Crippen molar-refractivity contribution in [2.24, 2.45) is 0 Å². The van der Waals surface area contributed by atoms with E-state index in [9.17, 15) is 0 Å². The van der Waals surface area contributed by atoms with Crippen LogP contribution in [0.4, 0.5) is 0 Å². The smallest absolute Gasteiger partial charge is 0.133 e. The zero-order valence-electron chi connectivity index (χ0n) is 8.36. The van der Waals surface area contributed by atoms with Crippen molar-refractivity contribution >= 4 is 10.9 Å². The van der Waals surface area contributed by atoms with Crippen molar-refractivity contribution in [2.75, 3.05) is 0 Å². The predicted octanol–water partition coefficient (Wildman–Crippen LogP) is 3.03. The van der Waals surface area contributed by atoms with E-state index in [4.69, 9.17) is 5.26 Å². The highest BCUT2D eigenvalue weighted by Gasteiger charge is 2.24. The number of H-pyrrole nitrogens is 1. The van der Waals surface area contributed by atoms with E-state index in [2.05, 4.69) is 22.0 Å². The molecule has 78 valence electrons. The zero-order chi connectivity index (χ0) is 10.3. The summed E-state index contributed by atoms with van der Waals surface area (Å²) < 4.78 is 0. The maximum atomic E-state index is 8.84. The van der Waals surface area contributed by atoms with Gasteiger partial charge in [0, 0.05) is 10.9 Å². The Morgan fingerprint density at radius 3 is 3.07 bits per heavy atom. The first-order valence-corrected chi connectivity index (χ1v) is 5.30. The largest absolute Gasteiger partial charge is 0.356 e. The van der Waals surface area contributed by atoms with Crippen molar-refractivity contribution < 1.29 is 10.1 Å². The number of aromatic amines is 1. The molecule has 1 aliphatic carbocycles. The molecule has 2 N–H and O–H groups in total. The lowest BCUT2D eigenvalue weighted by Crippen LogP contribution is -2.10. The van der Waals surface area contributed by atoms with Gasteiger partial charge in [0.05, 0.1) is 5.69 Å². The molecule has 1 heterocycles. The van der Waals surface area contributed by atoms with Crippen LogP contribution in [0.1, 0.15) is 30.2 Å². The fourth-order valence-corrected chi connectivity index (χ4v) is 2.48. The van der Waals surface area contributed by atoms with Crippen LogP contribution in [0.25, 0.3) is 10.9 Å². The first kappa shape index (κ1) is 8.95. The number of hydrogen-bond acceptors (Lipinski definition) is 2. The van der Waals surface area contributed by atoms with Crippen LogP contribution in [-0.2, 0) is 11.3 Å². The molecule has 0 radical (unpaired) electrons. The molecule has 0 bridgehead atoms. The SMILES string of the molecule is OOC1CCCc2c1[nH]c1ccccc21. The molecule has 0 saturated carbocycles. The number of aryl methyl sites for hydroxylation is 1. The van der Waals surface area contributed by atoms with Gasteiger partial charge < -0.3 is 4.98 Å². The highest BCUT2D eigenvalue weighted by molar-refractivity contribution is 5.85. The molecular formula is C12H13NO2. The van der Waals surface area contributed by atoms with Crippen LogP contribution in [-0.4, -0.2) is 10.2 Å². The highest BCUT2D eigenvalue weighted by atomic mass is 17.1. The van der Waals surface area contributed by atoms with Crippen molar-refractivity contribution in [3.8, 4) is 0 Å². The van der Waals surface area contributed by atoms with Gasteiger partial charge in [-0.25, -0.2) is 4.89 Å². The van der Waals surface area contributed by atoms with Crippen LogP contribution in [0.15, 0.2) is 24.3 Å². The van der Waals surface area contributed by atoms with Gasteiger partial charge in [-0.3, -0.25) is 5.26 Å². The second-order valence-electron chi connectivity index (χ2n) is 4.05. The molecular weight excluding hydrogens is 190 g/mol. The van der Waals surface area contributed by atoms with Crippen LogP contribution in [0.3, 0.4) is 0 Å². The third kappa shape index (κ3) is 1.28. The van der Waals surface area contributed by atoms with Gasteiger partial charge in [0.15, 0.2) is 0 Å². The molecule has 0 fully saturated rings. The Morgan fingerprint density at radius 2 is 2.20 bits per heavy atom. The van der Waals surface area contributed by atoms with E-state index >= 15 is 0 Å². The van der Waals surface area contributed by atoms with Crippen LogP contribution >= 0.6 is 0 Å². The molecule has 3 nitrogen and oxygen atoms in total. The molecule has 1 aliphatic rings. The first-order valence-electron chi connectivity index (χ1n) is 5.30. The van der Waals surface area contributed by atoms with Gasteiger partial charge in [-0.05, 0) is 30.9 Å². The summed E-state index contributed by atoms with van der Waals surface area (Å²) in [6.45, 7) is 0. The van der Waals surface area contributed by atoms with Gasteiger partial charge >= 0.3 is 0 Å². The number of fused-ring (bicyclic) bond motifs is 3. The Hall–Kier alpha value is -1.32. The number of hydrogen-bond donors (Lipinski definition) is 2. The van der Waals surface area contributed by atoms with E-state index in [1.54, 1.807) is 0 Å². The first-order chi connectivity index (χ1) is 7.40. The van der Waals surface area contributed by atoms with Gasteiger partial charge in [-0.15, -0.1) is 0 Å². The van der Waals surface area contributed by atoms with Crippen molar-refractivity contribution in [3.05, 3.63) is 35.5 Å². The molecule has 15 heavy (non-hydrogen) atoms. The standard InChI is InChI=1S/C12H13NO2/c14-15-11-7-3-5-9-8-4-1-2-6-10(8)13-12(9)11/h1-2,4,6,11,13-14H,3,5,7H2. The molecule has 0 amide bonds. The van der Waals surface area contributed by atoms with Gasteiger partial charge in [0.25, 0.3) is 0 Å². The molecule has 1 aromatic carbocycles. The summed E-state index contributed by atoms with van der Waals surface area (Å²) in [5, 5.41) is 10.1. The van der Waals surface area contributed by atoms with Crippen LogP contribution < -0.4 is 0 Å². The second-order valence-corrected chi connectivity index (χ2v) is 4.05. The molecule has 1 atom stereocenters. The average Bonchev–Trinajstić information content (AvgIpc) is 2.67. The molecule has 1 unspecified atom stereocenters. The minimum absolute atomic E-state index is 0.179. The predicted molar refractivity (Wildman–Crippen MR) is 57.7 cm³/mol. The van der Waals surface area contributed by atoms with Crippen molar-refractivity contribution in [2.45, 2.75) is 25.4 Å². The maximum absolute atomic E-state index is 8.84. The Labute approximate surface area is 87.6 Å². The summed E-state index contributed by atoms with van der Waals surface area (Å²) in [6.07, 6.45) is 2.84. The van der Waals surface area contributed by atoms with E-state index in [0.29, 0.717) is 0 Å². The van der Waals surface area contributed by atoms with Crippen LogP contribution in [0.5, 0.6) is 0 Å². The molecule has 0 spiro atoms. The van der Waals surface area contributed by atoms with Crippen LogP contribution in [0.2, 0.25) is 0 Å². The lowest BCUT2D eigenvalue weighted by Gasteiger charge is -2.19. The minimum atomic E-state index is -0.179. The number of aromatic nitrogens is 1. The third-order valence-corrected chi connectivity index (χ3v) is 3.19. The van der Waals surface area contributed by atoms with E-state index in [1.807, 2.05) is 12.1 Å². The maximum Gasteiger partial charge on any atom is 0.133 e. The summed E-state index contributed by atoms with van der Waals surface area (Å²) in [5.41, 5.74) is 3.48. The molecule has 3 heteroatoms.